The van der Waals surface area contributed by atoms with E-state index in [1.807, 2.05) is 0 Å². The monoisotopic (exact) mass is 317 g/mol. The number of nitrogens with two attached hydrogens (primary N) is 1. The molecule has 2 aromatic rings. The Balaban J connectivity index is 1.98. The fourth-order valence-corrected chi connectivity index (χ4v) is 2.62. The van der Waals surface area contributed by atoms with Gasteiger partial charge in [-0.3, -0.25) is 4.79 Å². The van der Waals surface area contributed by atoms with E-state index in [0.717, 1.165) is 0 Å². The third-order valence-electron chi connectivity index (χ3n) is 3.56. The number of H-pyrrole nitrogens is 1. The van der Waals surface area contributed by atoms with E-state index in [-0.39, 0.29) is 34.7 Å². The summed E-state index contributed by atoms with van der Waals surface area (Å²) in [6.07, 6.45) is -1.29. The molecule has 1 aromatic heterocycles. The first-order valence-electron chi connectivity index (χ1n) is 6.23. The number of alkyl halides is 1. The number of fused-ring (bicyclic) bond motifs is 1. The molecule has 112 valence electrons. The van der Waals surface area contributed by atoms with E-state index < -0.39 is 29.8 Å². The topological polar surface area (TPSA) is 62.1 Å². The maximum Gasteiger partial charge on any atom is 0.270 e. The van der Waals surface area contributed by atoms with Crippen molar-refractivity contribution in [2.24, 2.45) is 5.73 Å². The number of aromatic amines is 1. The first kappa shape index (κ1) is 14.2. The van der Waals surface area contributed by atoms with Crippen LogP contribution in [0.3, 0.4) is 0 Å². The highest BCUT2D eigenvalue weighted by molar-refractivity contribution is 6.31. The molecule has 1 fully saturated rings. The summed E-state index contributed by atoms with van der Waals surface area (Å²) in [6, 6.07) is 1.83. The molecule has 1 aliphatic heterocycles. The van der Waals surface area contributed by atoms with Gasteiger partial charge in [0.1, 0.15) is 11.9 Å². The van der Waals surface area contributed by atoms with Crippen molar-refractivity contribution in [1.29, 1.82) is 0 Å². The van der Waals surface area contributed by atoms with Crippen molar-refractivity contribution in [3.05, 3.63) is 34.5 Å². The maximum absolute atomic E-state index is 13.7. The van der Waals surface area contributed by atoms with Crippen LogP contribution < -0.4 is 5.73 Å². The summed E-state index contributed by atoms with van der Waals surface area (Å²) in [4.78, 5) is 16.0. The van der Waals surface area contributed by atoms with Crippen LogP contribution in [0.15, 0.2) is 12.1 Å². The minimum Gasteiger partial charge on any atom is -0.348 e. The molecule has 0 aliphatic carbocycles. The first-order valence-corrected chi connectivity index (χ1v) is 6.61. The third kappa shape index (κ3) is 2.26. The van der Waals surface area contributed by atoms with Gasteiger partial charge in [-0.1, -0.05) is 11.6 Å². The largest absolute Gasteiger partial charge is 0.348 e. The SMILES string of the molecule is N[C@H]1CN(C(=O)c2cc3cc(Cl)c(F)c(F)c3[nH]2)C[C@@H]1F. The molecule has 0 spiro atoms. The average molecular weight is 318 g/mol. The first-order chi connectivity index (χ1) is 9.88. The Bertz CT molecular complexity index is 723. The molecule has 0 unspecified atom stereocenters. The number of hydrogen-bond acceptors (Lipinski definition) is 2. The second-order valence-corrected chi connectivity index (χ2v) is 5.43. The minimum atomic E-state index is -1.29. The smallest absolute Gasteiger partial charge is 0.270 e. The van der Waals surface area contributed by atoms with Gasteiger partial charge in [0.15, 0.2) is 11.6 Å². The van der Waals surface area contributed by atoms with Crippen LogP contribution in [0.2, 0.25) is 5.02 Å². The molecule has 1 aliphatic rings. The average Bonchev–Trinajstić information content (AvgIpc) is 3.00. The lowest BCUT2D eigenvalue weighted by Gasteiger charge is -2.13. The van der Waals surface area contributed by atoms with E-state index in [2.05, 4.69) is 4.98 Å². The number of rotatable bonds is 1. The van der Waals surface area contributed by atoms with E-state index in [1.165, 1.54) is 17.0 Å². The van der Waals surface area contributed by atoms with Gasteiger partial charge in [-0.15, -0.1) is 0 Å². The van der Waals surface area contributed by atoms with Gasteiger partial charge < -0.3 is 15.6 Å². The zero-order valence-electron chi connectivity index (χ0n) is 10.7. The zero-order chi connectivity index (χ0) is 15.3. The summed E-state index contributed by atoms with van der Waals surface area (Å²) in [5, 5.41) is -0.104. The lowest BCUT2D eigenvalue weighted by molar-refractivity contribution is 0.0777. The molecule has 21 heavy (non-hydrogen) atoms. The van der Waals surface area contributed by atoms with E-state index in [4.69, 9.17) is 17.3 Å². The molecule has 0 bridgehead atoms. The highest BCUT2D eigenvalue weighted by atomic mass is 35.5. The zero-order valence-corrected chi connectivity index (χ0v) is 11.4. The Labute approximate surface area is 122 Å². The van der Waals surface area contributed by atoms with Crippen molar-refractivity contribution in [3.63, 3.8) is 0 Å². The van der Waals surface area contributed by atoms with Crippen LogP contribution in [-0.2, 0) is 0 Å². The molecule has 1 amide bonds. The number of nitrogens with zero attached hydrogens (tertiary/aromatic N) is 1. The second-order valence-electron chi connectivity index (χ2n) is 5.02. The van der Waals surface area contributed by atoms with Crippen molar-refractivity contribution in [3.8, 4) is 0 Å². The Morgan fingerprint density at radius 2 is 2.05 bits per heavy atom. The Morgan fingerprint density at radius 3 is 2.67 bits per heavy atom. The van der Waals surface area contributed by atoms with Crippen LogP contribution in [0.1, 0.15) is 10.5 Å². The number of nitrogens with one attached hydrogen (secondary N) is 1. The standard InChI is InChI=1S/C13H11ClF3N3O/c14-6-1-5-2-9(19-12(5)11(17)10(6)16)13(21)20-3-7(15)8(18)4-20/h1-2,7-8,19H,3-4,18H2/t7-,8-/m0/s1. The Hall–Kier alpha value is -1.73. The summed E-state index contributed by atoms with van der Waals surface area (Å²) in [5.74, 6) is -2.85. The fraction of sp³-hybridized carbons (Fsp3) is 0.308. The number of carbonyl (C=O) groups excluding carboxylic acids is 1. The van der Waals surface area contributed by atoms with Crippen molar-refractivity contribution in [2.45, 2.75) is 12.2 Å². The van der Waals surface area contributed by atoms with Crippen LogP contribution in [0, 0.1) is 11.6 Å². The maximum atomic E-state index is 13.7. The molecule has 0 radical (unpaired) electrons. The predicted molar refractivity (Wildman–Crippen MR) is 72.0 cm³/mol. The lowest BCUT2D eigenvalue weighted by Crippen LogP contribution is -2.32. The van der Waals surface area contributed by atoms with Crippen molar-refractivity contribution in [1.82, 2.24) is 9.88 Å². The van der Waals surface area contributed by atoms with E-state index in [0.29, 0.717) is 0 Å². The number of amides is 1. The van der Waals surface area contributed by atoms with Crippen molar-refractivity contribution >= 4 is 28.4 Å². The number of likely N-dealkylation sites (tertiary alicyclic amines) is 1. The van der Waals surface area contributed by atoms with Gasteiger partial charge in [0, 0.05) is 11.9 Å². The minimum absolute atomic E-state index is 0.0341. The quantitative estimate of drug-likeness (QED) is 0.792. The van der Waals surface area contributed by atoms with Gasteiger partial charge in [0.2, 0.25) is 0 Å². The number of carbonyl (C=O) groups is 1. The molecule has 2 heterocycles. The van der Waals surface area contributed by atoms with Crippen LogP contribution in [0.5, 0.6) is 0 Å². The van der Waals surface area contributed by atoms with Crippen LogP contribution >= 0.6 is 11.6 Å². The van der Waals surface area contributed by atoms with Crippen molar-refractivity contribution in [2.75, 3.05) is 13.1 Å². The third-order valence-corrected chi connectivity index (χ3v) is 3.84. The molecule has 1 saturated heterocycles. The highest BCUT2D eigenvalue weighted by Crippen LogP contribution is 2.28. The second kappa shape index (κ2) is 4.92. The normalized spacial score (nSPS) is 22.2. The van der Waals surface area contributed by atoms with Crippen LogP contribution in [0.4, 0.5) is 13.2 Å². The molecule has 0 saturated carbocycles. The van der Waals surface area contributed by atoms with Gasteiger partial charge in [-0.2, -0.15) is 0 Å². The Kier molecular flexibility index (Phi) is 3.33. The number of hydrogen-bond donors (Lipinski definition) is 2. The number of benzene rings is 1. The fourth-order valence-electron chi connectivity index (χ4n) is 2.42. The summed E-state index contributed by atoms with van der Waals surface area (Å²) in [5.41, 5.74) is 5.40. The van der Waals surface area contributed by atoms with Gasteiger partial charge >= 0.3 is 0 Å². The highest BCUT2D eigenvalue weighted by Gasteiger charge is 2.34. The van der Waals surface area contributed by atoms with Crippen molar-refractivity contribution < 1.29 is 18.0 Å². The summed E-state index contributed by atoms with van der Waals surface area (Å²) in [6.45, 7) is -0.0417. The Morgan fingerprint density at radius 1 is 1.33 bits per heavy atom. The summed E-state index contributed by atoms with van der Waals surface area (Å²) >= 11 is 5.56. The molecular formula is C13H11ClF3N3O. The lowest BCUT2D eigenvalue weighted by atomic mass is 10.2. The molecule has 8 heteroatoms. The molecule has 4 nitrogen and oxygen atoms in total. The molecule has 3 rings (SSSR count). The van der Waals surface area contributed by atoms with Gasteiger partial charge in [-0.25, -0.2) is 13.2 Å². The molecule has 2 atom stereocenters. The number of aromatic nitrogens is 1. The van der Waals surface area contributed by atoms with E-state index >= 15 is 0 Å². The molecule has 1 aromatic carbocycles. The summed E-state index contributed by atoms with van der Waals surface area (Å²) in [7, 11) is 0. The van der Waals surface area contributed by atoms with Crippen LogP contribution in [0.25, 0.3) is 10.9 Å². The van der Waals surface area contributed by atoms with Gasteiger partial charge in [0.25, 0.3) is 5.91 Å². The predicted octanol–water partition coefficient (Wildman–Crippen LogP) is 2.22. The van der Waals surface area contributed by atoms with Crippen LogP contribution in [-0.4, -0.2) is 41.1 Å². The molecule has 3 N–H and O–H groups in total. The van der Waals surface area contributed by atoms with Gasteiger partial charge in [-0.05, 0) is 12.1 Å². The summed E-state index contributed by atoms with van der Waals surface area (Å²) < 4.78 is 40.5. The van der Waals surface area contributed by atoms with E-state index in [1.54, 1.807) is 0 Å². The van der Waals surface area contributed by atoms with Gasteiger partial charge in [0.05, 0.1) is 23.1 Å². The van der Waals surface area contributed by atoms with E-state index in [9.17, 15) is 18.0 Å². The molecular weight excluding hydrogens is 307 g/mol. The number of halogens is 4.